The number of aromatic nitrogens is 2. The van der Waals surface area contributed by atoms with Gasteiger partial charge >= 0.3 is 0 Å². The van der Waals surface area contributed by atoms with Gasteiger partial charge in [0.05, 0.1) is 16.4 Å². The molecule has 128 valence electrons. The first-order valence-corrected chi connectivity index (χ1v) is 9.03. The van der Waals surface area contributed by atoms with E-state index in [1.54, 1.807) is 0 Å². The van der Waals surface area contributed by atoms with Crippen molar-refractivity contribution < 1.29 is 4.79 Å². The standard InChI is InChI=1S/C20H20ClN3O/c21-15-9-7-14(8-10-15)20(11-12-20)19(25)22-13-3-6-18-23-16-4-1-2-5-17(16)24-18/h1-2,4-5,7-10H,3,6,11-13H2,(H,22,25)(H,23,24). The molecule has 2 N–H and O–H groups in total. The Kier molecular flexibility index (Phi) is 4.22. The Bertz CT molecular complexity index is 864. The lowest BCUT2D eigenvalue weighted by Gasteiger charge is -2.15. The molecule has 1 saturated carbocycles. The molecule has 25 heavy (non-hydrogen) atoms. The molecule has 2 aromatic carbocycles. The highest BCUT2D eigenvalue weighted by atomic mass is 35.5. The Balaban J connectivity index is 1.31. The highest BCUT2D eigenvalue weighted by Crippen LogP contribution is 2.48. The zero-order valence-corrected chi connectivity index (χ0v) is 14.6. The van der Waals surface area contributed by atoms with Gasteiger partial charge < -0.3 is 10.3 Å². The summed E-state index contributed by atoms with van der Waals surface area (Å²) in [6, 6.07) is 15.6. The number of carbonyl (C=O) groups excluding carboxylic acids is 1. The molecule has 1 fully saturated rings. The number of halogens is 1. The summed E-state index contributed by atoms with van der Waals surface area (Å²) in [6.07, 6.45) is 3.50. The van der Waals surface area contributed by atoms with E-state index in [2.05, 4.69) is 15.3 Å². The molecule has 1 aromatic heterocycles. The van der Waals surface area contributed by atoms with Crippen LogP contribution in [0.5, 0.6) is 0 Å². The van der Waals surface area contributed by atoms with Crippen LogP contribution in [0, 0.1) is 0 Å². The van der Waals surface area contributed by atoms with E-state index < -0.39 is 0 Å². The van der Waals surface area contributed by atoms with Crippen LogP contribution < -0.4 is 5.32 Å². The molecule has 4 nitrogen and oxygen atoms in total. The van der Waals surface area contributed by atoms with Crippen LogP contribution in [0.25, 0.3) is 11.0 Å². The molecule has 0 aliphatic heterocycles. The number of benzene rings is 2. The minimum absolute atomic E-state index is 0.124. The lowest BCUT2D eigenvalue weighted by Crippen LogP contribution is -2.35. The van der Waals surface area contributed by atoms with E-state index in [4.69, 9.17) is 11.6 Å². The second-order valence-electron chi connectivity index (χ2n) is 6.65. The van der Waals surface area contributed by atoms with Crippen molar-refractivity contribution in [1.82, 2.24) is 15.3 Å². The molecular formula is C20H20ClN3O. The maximum Gasteiger partial charge on any atom is 0.230 e. The van der Waals surface area contributed by atoms with Gasteiger partial charge in [0.1, 0.15) is 5.82 Å². The Labute approximate surface area is 151 Å². The van der Waals surface area contributed by atoms with E-state index in [-0.39, 0.29) is 11.3 Å². The van der Waals surface area contributed by atoms with Crippen LogP contribution in [0.1, 0.15) is 30.7 Å². The van der Waals surface area contributed by atoms with Gasteiger partial charge in [0.25, 0.3) is 0 Å². The summed E-state index contributed by atoms with van der Waals surface area (Å²) in [5.74, 6) is 1.09. The number of hydrogen-bond donors (Lipinski definition) is 2. The number of rotatable bonds is 6. The molecule has 1 heterocycles. The predicted molar refractivity (Wildman–Crippen MR) is 99.8 cm³/mol. The lowest BCUT2D eigenvalue weighted by molar-refractivity contribution is -0.123. The summed E-state index contributed by atoms with van der Waals surface area (Å²) in [6.45, 7) is 0.658. The van der Waals surface area contributed by atoms with Crippen LogP contribution in [0.3, 0.4) is 0 Å². The van der Waals surface area contributed by atoms with Crippen LogP contribution >= 0.6 is 11.6 Å². The molecule has 0 saturated heterocycles. The molecule has 1 aliphatic rings. The zero-order valence-electron chi connectivity index (χ0n) is 13.9. The molecule has 5 heteroatoms. The molecule has 1 amide bonds. The van der Waals surface area contributed by atoms with Crippen molar-refractivity contribution in [3.8, 4) is 0 Å². The summed E-state index contributed by atoms with van der Waals surface area (Å²) in [7, 11) is 0. The number of aromatic amines is 1. The smallest absolute Gasteiger partial charge is 0.230 e. The summed E-state index contributed by atoms with van der Waals surface area (Å²) in [5, 5.41) is 3.79. The third kappa shape index (κ3) is 3.27. The van der Waals surface area contributed by atoms with Crippen molar-refractivity contribution >= 4 is 28.5 Å². The summed E-state index contributed by atoms with van der Waals surface area (Å²) >= 11 is 5.94. The van der Waals surface area contributed by atoms with E-state index >= 15 is 0 Å². The summed E-state index contributed by atoms with van der Waals surface area (Å²) in [4.78, 5) is 20.5. The molecule has 0 radical (unpaired) electrons. The minimum atomic E-state index is -0.343. The predicted octanol–water partition coefficient (Wildman–Crippen LogP) is 4.00. The van der Waals surface area contributed by atoms with Gasteiger partial charge in [0, 0.05) is 18.0 Å². The van der Waals surface area contributed by atoms with Crippen LogP contribution in [-0.4, -0.2) is 22.4 Å². The maximum atomic E-state index is 12.6. The molecule has 3 aromatic rings. The molecule has 4 rings (SSSR count). The maximum absolute atomic E-state index is 12.6. The van der Waals surface area contributed by atoms with Gasteiger partial charge in [-0.05, 0) is 49.1 Å². The fourth-order valence-corrected chi connectivity index (χ4v) is 3.42. The van der Waals surface area contributed by atoms with Gasteiger partial charge in [0.15, 0.2) is 0 Å². The normalized spacial score (nSPS) is 15.2. The van der Waals surface area contributed by atoms with Crippen LogP contribution in [0.15, 0.2) is 48.5 Å². The van der Waals surface area contributed by atoms with Crippen molar-refractivity contribution in [3.63, 3.8) is 0 Å². The monoisotopic (exact) mass is 353 g/mol. The van der Waals surface area contributed by atoms with E-state index in [0.29, 0.717) is 11.6 Å². The average molecular weight is 354 g/mol. The first kappa shape index (κ1) is 16.2. The largest absolute Gasteiger partial charge is 0.355 e. The first-order chi connectivity index (χ1) is 12.2. The van der Waals surface area contributed by atoms with Gasteiger partial charge in [0.2, 0.25) is 5.91 Å². The number of amides is 1. The van der Waals surface area contributed by atoms with Gasteiger partial charge in [-0.3, -0.25) is 4.79 Å². The number of nitrogens with one attached hydrogen (secondary N) is 2. The van der Waals surface area contributed by atoms with E-state index in [0.717, 1.165) is 48.1 Å². The third-order valence-corrected chi connectivity index (χ3v) is 5.15. The van der Waals surface area contributed by atoms with Crippen molar-refractivity contribution in [2.75, 3.05) is 6.54 Å². The topological polar surface area (TPSA) is 57.8 Å². The number of H-pyrrole nitrogens is 1. The third-order valence-electron chi connectivity index (χ3n) is 4.90. The molecule has 1 aliphatic carbocycles. The van der Waals surface area contributed by atoms with Crippen molar-refractivity contribution in [3.05, 3.63) is 64.9 Å². The Morgan fingerprint density at radius 2 is 1.92 bits per heavy atom. The van der Waals surface area contributed by atoms with Gasteiger partial charge in [-0.2, -0.15) is 0 Å². The first-order valence-electron chi connectivity index (χ1n) is 8.65. The molecule has 0 unspecified atom stereocenters. The fraction of sp³-hybridized carbons (Fsp3) is 0.300. The molecular weight excluding hydrogens is 334 g/mol. The van der Waals surface area contributed by atoms with Crippen molar-refractivity contribution in [1.29, 1.82) is 0 Å². The highest BCUT2D eigenvalue weighted by molar-refractivity contribution is 6.30. The number of aryl methyl sites for hydroxylation is 1. The number of fused-ring (bicyclic) bond motifs is 1. The number of imidazole rings is 1. The van der Waals surface area contributed by atoms with E-state index in [1.165, 1.54) is 0 Å². The second kappa shape index (κ2) is 6.52. The second-order valence-corrected chi connectivity index (χ2v) is 7.09. The summed E-state index contributed by atoms with van der Waals surface area (Å²) in [5.41, 5.74) is 2.76. The highest BCUT2D eigenvalue weighted by Gasteiger charge is 2.50. The Morgan fingerprint density at radius 1 is 1.16 bits per heavy atom. The van der Waals surface area contributed by atoms with E-state index in [1.807, 2.05) is 48.5 Å². The van der Waals surface area contributed by atoms with Crippen LogP contribution in [-0.2, 0) is 16.6 Å². The molecule has 0 atom stereocenters. The van der Waals surface area contributed by atoms with Crippen molar-refractivity contribution in [2.45, 2.75) is 31.1 Å². The SMILES string of the molecule is O=C(NCCCc1nc2ccccc2[nH]1)C1(c2ccc(Cl)cc2)CC1. The van der Waals surface area contributed by atoms with Crippen molar-refractivity contribution in [2.24, 2.45) is 0 Å². The number of nitrogens with zero attached hydrogens (tertiary/aromatic N) is 1. The van der Waals surface area contributed by atoms with E-state index in [9.17, 15) is 4.79 Å². The van der Waals surface area contributed by atoms with Gasteiger partial charge in [-0.25, -0.2) is 4.98 Å². The quantitative estimate of drug-likeness (QED) is 0.658. The Morgan fingerprint density at radius 3 is 2.64 bits per heavy atom. The lowest BCUT2D eigenvalue weighted by atomic mass is 9.95. The molecule has 0 spiro atoms. The average Bonchev–Trinajstić information content (AvgIpc) is 3.33. The minimum Gasteiger partial charge on any atom is -0.355 e. The van der Waals surface area contributed by atoms with Crippen LogP contribution in [0.2, 0.25) is 5.02 Å². The number of hydrogen-bond acceptors (Lipinski definition) is 2. The molecule has 0 bridgehead atoms. The fourth-order valence-electron chi connectivity index (χ4n) is 3.29. The zero-order chi connectivity index (χ0) is 17.3. The summed E-state index contributed by atoms with van der Waals surface area (Å²) < 4.78 is 0. The van der Waals surface area contributed by atoms with Gasteiger partial charge in [-0.1, -0.05) is 35.9 Å². The van der Waals surface area contributed by atoms with Gasteiger partial charge in [-0.15, -0.1) is 0 Å². The Hall–Kier alpha value is -2.33. The van der Waals surface area contributed by atoms with Crippen LogP contribution in [0.4, 0.5) is 0 Å². The number of carbonyl (C=O) groups is 1. The number of para-hydroxylation sites is 2.